The fourth-order valence-corrected chi connectivity index (χ4v) is 4.22. The zero-order chi connectivity index (χ0) is 20.8. The molecule has 0 atom stereocenters. The molecule has 148 valence electrons. The minimum absolute atomic E-state index is 0.0985. The molecule has 5 rings (SSSR count). The van der Waals surface area contributed by atoms with E-state index in [1.54, 1.807) is 0 Å². The number of nitrogens with one attached hydrogen (secondary N) is 1. The number of halogens is 1. The first-order chi connectivity index (χ1) is 14.5. The second-order valence-electron chi connectivity index (χ2n) is 7.50. The summed E-state index contributed by atoms with van der Waals surface area (Å²) in [6, 6.07) is 19.8. The largest absolute Gasteiger partial charge is 0.324 e. The van der Waals surface area contributed by atoms with Crippen LogP contribution in [0.2, 0.25) is 0 Å². The van der Waals surface area contributed by atoms with Gasteiger partial charge in [-0.15, -0.1) is 0 Å². The number of rotatable bonds is 3. The molecular weight excluding hydrogens is 440 g/mol. The van der Waals surface area contributed by atoms with Crippen LogP contribution in [0.5, 0.6) is 0 Å². The number of benzene rings is 3. The molecule has 0 aliphatic heterocycles. The maximum absolute atomic E-state index is 12.9. The lowest BCUT2D eigenvalue weighted by Crippen LogP contribution is -2.19. The lowest BCUT2D eigenvalue weighted by molar-refractivity contribution is -0.116. The number of nitrogens with zero attached hydrogens (tertiary/aromatic N) is 3. The Balaban J connectivity index is 1.63. The first-order valence-electron chi connectivity index (χ1n) is 9.71. The second-order valence-corrected chi connectivity index (χ2v) is 8.41. The van der Waals surface area contributed by atoms with Gasteiger partial charge in [-0.2, -0.15) is 0 Å². The number of hydrogen-bond acceptors (Lipinski definition) is 3. The monoisotopic (exact) mass is 458 g/mol. The van der Waals surface area contributed by atoms with E-state index in [0.29, 0.717) is 5.65 Å². The van der Waals surface area contributed by atoms with Gasteiger partial charge < -0.3 is 9.88 Å². The van der Waals surface area contributed by atoms with Crippen molar-refractivity contribution in [3.63, 3.8) is 0 Å². The van der Waals surface area contributed by atoms with Crippen LogP contribution < -0.4 is 5.32 Å². The fourth-order valence-electron chi connectivity index (χ4n) is 3.85. The lowest BCUT2D eigenvalue weighted by atomic mass is 10.1. The van der Waals surface area contributed by atoms with Crippen molar-refractivity contribution in [1.29, 1.82) is 0 Å². The summed E-state index contributed by atoms with van der Waals surface area (Å²) < 4.78 is 2.90. The van der Waals surface area contributed by atoms with Gasteiger partial charge in [0.2, 0.25) is 5.91 Å². The highest BCUT2D eigenvalue weighted by atomic mass is 79.9. The van der Waals surface area contributed by atoms with Gasteiger partial charge in [-0.3, -0.25) is 4.79 Å². The summed E-state index contributed by atoms with van der Waals surface area (Å²) in [5, 5.41) is 4.01. The van der Waals surface area contributed by atoms with Crippen molar-refractivity contribution in [2.45, 2.75) is 20.4 Å². The highest BCUT2D eigenvalue weighted by Gasteiger charge is 2.17. The van der Waals surface area contributed by atoms with Gasteiger partial charge >= 0.3 is 0 Å². The zero-order valence-corrected chi connectivity index (χ0v) is 18.2. The molecule has 1 amide bonds. The Kier molecular flexibility index (Phi) is 4.51. The van der Waals surface area contributed by atoms with E-state index in [1.165, 1.54) is 5.56 Å². The van der Waals surface area contributed by atoms with Gasteiger partial charge in [0.25, 0.3) is 0 Å². The third-order valence-electron chi connectivity index (χ3n) is 5.27. The van der Waals surface area contributed by atoms with Crippen molar-refractivity contribution in [1.82, 2.24) is 14.5 Å². The highest BCUT2D eigenvalue weighted by molar-refractivity contribution is 9.10. The van der Waals surface area contributed by atoms with E-state index in [4.69, 9.17) is 9.97 Å². The molecule has 2 aromatic heterocycles. The number of carbonyl (C=O) groups excluding carboxylic acids is 1. The lowest BCUT2D eigenvalue weighted by Gasteiger charge is -2.11. The van der Waals surface area contributed by atoms with Crippen LogP contribution in [0.15, 0.2) is 65.1 Å². The molecule has 0 aliphatic carbocycles. The van der Waals surface area contributed by atoms with Crippen LogP contribution >= 0.6 is 15.9 Å². The molecule has 1 N–H and O–H groups in total. The summed E-state index contributed by atoms with van der Waals surface area (Å²) in [6.07, 6.45) is 0. The van der Waals surface area contributed by atoms with Gasteiger partial charge in [0.15, 0.2) is 5.65 Å². The Bertz CT molecular complexity index is 1450. The predicted molar refractivity (Wildman–Crippen MR) is 125 cm³/mol. The Labute approximate surface area is 181 Å². The van der Waals surface area contributed by atoms with Crippen molar-refractivity contribution >= 4 is 60.6 Å². The summed E-state index contributed by atoms with van der Waals surface area (Å²) >= 11 is 3.55. The minimum Gasteiger partial charge on any atom is -0.324 e. The minimum atomic E-state index is -0.0985. The summed E-state index contributed by atoms with van der Waals surface area (Å²) in [5.74, 6) is -0.0985. The topological polar surface area (TPSA) is 59.8 Å². The summed E-state index contributed by atoms with van der Waals surface area (Å²) in [5.41, 5.74) is 7.11. The van der Waals surface area contributed by atoms with Crippen molar-refractivity contribution in [3.8, 4) is 0 Å². The molecule has 5 nitrogen and oxygen atoms in total. The predicted octanol–water partition coefficient (Wildman–Crippen LogP) is 5.76. The number of amides is 1. The van der Waals surface area contributed by atoms with Crippen molar-refractivity contribution in [2.24, 2.45) is 0 Å². The molecule has 0 saturated carbocycles. The molecule has 0 spiro atoms. The summed E-state index contributed by atoms with van der Waals surface area (Å²) in [6.45, 7) is 4.19. The third kappa shape index (κ3) is 3.23. The zero-order valence-electron chi connectivity index (χ0n) is 16.6. The van der Waals surface area contributed by atoms with Gasteiger partial charge in [-0.05, 0) is 55.8 Å². The number of aromatic nitrogens is 3. The van der Waals surface area contributed by atoms with Crippen LogP contribution in [0.4, 0.5) is 5.69 Å². The smallest absolute Gasteiger partial charge is 0.244 e. The maximum Gasteiger partial charge on any atom is 0.244 e. The Morgan fingerprint density at radius 2 is 1.77 bits per heavy atom. The van der Waals surface area contributed by atoms with Gasteiger partial charge in [0.1, 0.15) is 12.1 Å². The van der Waals surface area contributed by atoms with E-state index in [9.17, 15) is 4.79 Å². The molecule has 0 fully saturated rings. The number of carbonyl (C=O) groups is 1. The third-order valence-corrected chi connectivity index (χ3v) is 5.76. The van der Waals surface area contributed by atoms with Gasteiger partial charge in [-0.1, -0.05) is 45.8 Å². The van der Waals surface area contributed by atoms with Gasteiger partial charge in [0, 0.05) is 15.5 Å². The molecule has 0 saturated heterocycles. The summed E-state index contributed by atoms with van der Waals surface area (Å²) in [7, 11) is 0. The van der Waals surface area contributed by atoms with Crippen molar-refractivity contribution < 1.29 is 4.79 Å². The number of anilines is 1. The molecule has 0 unspecified atom stereocenters. The molecule has 0 radical (unpaired) electrons. The average Bonchev–Trinajstić information content (AvgIpc) is 3.00. The quantitative estimate of drug-likeness (QED) is 0.374. The molecule has 3 aromatic carbocycles. The van der Waals surface area contributed by atoms with Crippen LogP contribution in [0.1, 0.15) is 11.1 Å². The molecule has 30 heavy (non-hydrogen) atoms. The number of hydrogen-bond donors (Lipinski definition) is 1. The van der Waals surface area contributed by atoms with Gasteiger partial charge in [-0.25, -0.2) is 9.97 Å². The van der Waals surface area contributed by atoms with Crippen LogP contribution in [-0.4, -0.2) is 20.4 Å². The van der Waals surface area contributed by atoms with E-state index in [1.807, 2.05) is 73.0 Å². The normalized spacial score (nSPS) is 11.4. The van der Waals surface area contributed by atoms with Crippen LogP contribution in [0.25, 0.3) is 33.1 Å². The summed E-state index contributed by atoms with van der Waals surface area (Å²) in [4.78, 5) is 22.6. The van der Waals surface area contributed by atoms with Crippen LogP contribution in [-0.2, 0) is 11.3 Å². The first-order valence-corrected chi connectivity index (χ1v) is 10.5. The van der Waals surface area contributed by atoms with E-state index >= 15 is 0 Å². The maximum atomic E-state index is 12.9. The van der Waals surface area contributed by atoms with E-state index in [2.05, 4.69) is 27.3 Å². The average molecular weight is 459 g/mol. The fraction of sp³-hybridized carbons (Fsp3) is 0.125. The number of fused-ring (bicyclic) bond motifs is 4. The van der Waals surface area contributed by atoms with E-state index in [-0.39, 0.29) is 12.5 Å². The number of aryl methyl sites for hydroxylation is 2. The standard InChI is InChI=1S/C24H19BrN4O/c1-14-7-9-18(15(2)11-14)26-22(30)13-29-21-10-8-16(25)12-17(21)23-24(29)28-20-6-4-3-5-19(20)27-23/h3-12H,13H2,1-2H3,(H,26,30). The first kappa shape index (κ1) is 18.8. The molecule has 6 heteroatoms. The van der Waals surface area contributed by atoms with E-state index < -0.39 is 0 Å². The van der Waals surface area contributed by atoms with Crippen LogP contribution in [0, 0.1) is 13.8 Å². The van der Waals surface area contributed by atoms with Crippen molar-refractivity contribution in [2.75, 3.05) is 5.32 Å². The Morgan fingerprint density at radius 1 is 1.00 bits per heavy atom. The second kappa shape index (κ2) is 7.22. The van der Waals surface area contributed by atoms with Crippen LogP contribution in [0.3, 0.4) is 0 Å². The molecule has 0 bridgehead atoms. The number of para-hydroxylation sites is 2. The molecule has 2 heterocycles. The molecule has 0 aliphatic rings. The SMILES string of the molecule is Cc1ccc(NC(=O)Cn2c3ccc(Br)cc3c3nc4ccccc4nc32)c(C)c1. The Hall–Kier alpha value is -3.25. The highest BCUT2D eigenvalue weighted by Crippen LogP contribution is 2.30. The molecule has 5 aromatic rings. The molecular formula is C24H19BrN4O. The van der Waals surface area contributed by atoms with E-state index in [0.717, 1.165) is 43.2 Å². The van der Waals surface area contributed by atoms with Gasteiger partial charge in [0.05, 0.1) is 16.6 Å². The van der Waals surface area contributed by atoms with Crippen molar-refractivity contribution in [3.05, 3.63) is 76.3 Å². The Morgan fingerprint density at radius 3 is 2.53 bits per heavy atom.